The van der Waals surface area contributed by atoms with Crippen molar-refractivity contribution in [3.63, 3.8) is 0 Å². The molecule has 1 amide bonds. The van der Waals surface area contributed by atoms with Crippen LogP contribution in [0, 0.1) is 13.8 Å². The molecule has 0 aliphatic rings. The highest BCUT2D eigenvalue weighted by molar-refractivity contribution is 7.89. The summed E-state index contributed by atoms with van der Waals surface area (Å²) in [5.74, 6) is 0.500. The molecule has 2 aromatic heterocycles. The third-order valence-electron chi connectivity index (χ3n) is 4.56. The van der Waals surface area contributed by atoms with E-state index in [-0.39, 0.29) is 10.8 Å². The topological polar surface area (TPSA) is 93.3 Å². The second-order valence-electron chi connectivity index (χ2n) is 8.29. The van der Waals surface area contributed by atoms with Crippen LogP contribution in [0.1, 0.15) is 48.3 Å². The minimum Gasteiger partial charge on any atom is -0.467 e. The summed E-state index contributed by atoms with van der Waals surface area (Å²) in [6, 6.07) is 11.7. The Hall–Kier alpha value is -2.84. The molecular formula is C22H27N3O4S. The zero-order valence-corrected chi connectivity index (χ0v) is 18.6. The summed E-state index contributed by atoms with van der Waals surface area (Å²) in [5.41, 5.74) is 2.07. The average molecular weight is 430 g/mol. The van der Waals surface area contributed by atoms with Gasteiger partial charge in [0.2, 0.25) is 10.0 Å². The first-order chi connectivity index (χ1) is 14.0. The average Bonchev–Trinajstić information content (AvgIpc) is 3.24. The summed E-state index contributed by atoms with van der Waals surface area (Å²) in [7, 11) is -3.70. The van der Waals surface area contributed by atoms with E-state index < -0.39 is 15.6 Å². The van der Waals surface area contributed by atoms with E-state index in [4.69, 9.17) is 4.42 Å². The smallest absolute Gasteiger partial charge is 0.257 e. The van der Waals surface area contributed by atoms with Crippen molar-refractivity contribution < 1.29 is 17.6 Å². The van der Waals surface area contributed by atoms with Gasteiger partial charge < -0.3 is 14.3 Å². The van der Waals surface area contributed by atoms with Gasteiger partial charge >= 0.3 is 0 Å². The number of rotatable bonds is 6. The van der Waals surface area contributed by atoms with E-state index in [1.165, 1.54) is 12.1 Å². The van der Waals surface area contributed by atoms with Gasteiger partial charge in [0.15, 0.2) is 0 Å². The van der Waals surface area contributed by atoms with Crippen LogP contribution in [0.2, 0.25) is 0 Å². The molecule has 160 valence electrons. The van der Waals surface area contributed by atoms with Gasteiger partial charge in [0.05, 0.1) is 23.3 Å². The Labute approximate surface area is 177 Å². The highest BCUT2D eigenvalue weighted by Gasteiger charge is 2.23. The number of hydrogen-bond donors (Lipinski definition) is 2. The van der Waals surface area contributed by atoms with Crippen LogP contribution in [0.25, 0.3) is 0 Å². The van der Waals surface area contributed by atoms with Gasteiger partial charge in [-0.1, -0.05) is 6.07 Å². The molecule has 3 rings (SSSR count). The number of nitrogens with zero attached hydrogens (tertiary/aromatic N) is 1. The van der Waals surface area contributed by atoms with Gasteiger partial charge in [-0.3, -0.25) is 4.79 Å². The third-order valence-corrected chi connectivity index (χ3v) is 6.31. The van der Waals surface area contributed by atoms with Crippen molar-refractivity contribution in [3.8, 4) is 0 Å². The van der Waals surface area contributed by atoms with Crippen molar-refractivity contribution in [2.45, 2.75) is 51.6 Å². The highest BCUT2D eigenvalue weighted by atomic mass is 32.2. The lowest BCUT2D eigenvalue weighted by atomic mass is 10.1. The molecule has 0 atom stereocenters. The van der Waals surface area contributed by atoms with Gasteiger partial charge in [-0.15, -0.1) is 0 Å². The molecule has 8 heteroatoms. The number of hydrogen-bond acceptors (Lipinski definition) is 4. The molecule has 30 heavy (non-hydrogen) atoms. The van der Waals surface area contributed by atoms with E-state index in [1.807, 2.05) is 36.6 Å². The van der Waals surface area contributed by atoms with E-state index >= 15 is 0 Å². The molecule has 1 aromatic carbocycles. The summed E-state index contributed by atoms with van der Waals surface area (Å²) in [6.07, 6.45) is 1.62. The van der Waals surface area contributed by atoms with Crippen molar-refractivity contribution in [1.29, 1.82) is 0 Å². The van der Waals surface area contributed by atoms with E-state index in [9.17, 15) is 13.2 Å². The molecule has 7 nitrogen and oxygen atoms in total. The minimum atomic E-state index is -3.70. The first-order valence-corrected chi connectivity index (χ1v) is 11.1. The fourth-order valence-corrected chi connectivity index (χ4v) is 4.70. The fourth-order valence-electron chi connectivity index (χ4n) is 3.23. The molecule has 0 radical (unpaired) electrons. The normalized spacial score (nSPS) is 12.2. The van der Waals surface area contributed by atoms with Crippen molar-refractivity contribution in [3.05, 3.63) is 71.4 Å². The SMILES string of the molecule is Cc1cc(C(=O)Nc2cccc(S(=O)(=O)NC(C)(C)C)c2)c(C)n1Cc1ccco1. The summed E-state index contributed by atoms with van der Waals surface area (Å²) in [5, 5.41) is 2.81. The molecule has 0 unspecified atom stereocenters. The Balaban J connectivity index is 1.82. The van der Waals surface area contributed by atoms with Crippen molar-refractivity contribution in [2.24, 2.45) is 0 Å². The molecule has 0 aliphatic heterocycles. The number of nitrogens with one attached hydrogen (secondary N) is 2. The monoisotopic (exact) mass is 429 g/mol. The van der Waals surface area contributed by atoms with Crippen molar-refractivity contribution in [1.82, 2.24) is 9.29 Å². The maximum absolute atomic E-state index is 12.9. The standard InChI is InChI=1S/C22H27N3O4S/c1-15-12-20(16(2)25(15)14-18-9-7-11-29-18)21(26)23-17-8-6-10-19(13-17)30(27,28)24-22(3,4)5/h6-13,24H,14H2,1-5H3,(H,23,26). The zero-order chi connectivity index (χ0) is 22.1. The lowest BCUT2D eigenvalue weighted by molar-refractivity contribution is 0.102. The van der Waals surface area contributed by atoms with E-state index in [0.717, 1.165) is 17.1 Å². The molecule has 0 saturated heterocycles. The zero-order valence-electron chi connectivity index (χ0n) is 17.8. The summed E-state index contributed by atoms with van der Waals surface area (Å²) < 4.78 is 35.2. The number of anilines is 1. The third kappa shape index (κ3) is 5.01. The van der Waals surface area contributed by atoms with E-state index in [2.05, 4.69) is 10.0 Å². The quantitative estimate of drug-likeness (QED) is 0.618. The van der Waals surface area contributed by atoms with Crippen LogP contribution in [0.4, 0.5) is 5.69 Å². The minimum absolute atomic E-state index is 0.0958. The van der Waals surface area contributed by atoms with Crippen LogP contribution in [0.15, 0.2) is 58.0 Å². The Morgan fingerprint density at radius 3 is 2.47 bits per heavy atom. The maximum atomic E-state index is 12.9. The maximum Gasteiger partial charge on any atom is 0.257 e. The van der Waals surface area contributed by atoms with Gasteiger partial charge in [0.1, 0.15) is 5.76 Å². The lowest BCUT2D eigenvalue weighted by Crippen LogP contribution is -2.40. The second-order valence-corrected chi connectivity index (χ2v) is 9.97. The van der Waals surface area contributed by atoms with Crippen LogP contribution >= 0.6 is 0 Å². The number of amides is 1. The van der Waals surface area contributed by atoms with Gasteiger partial charge in [-0.25, -0.2) is 13.1 Å². The number of carbonyl (C=O) groups excluding carboxylic acids is 1. The molecule has 0 fully saturated rings. The fraction of sp³-hybridized carbons (Fsp3) is 0.318. The molecule has 0 spiro atoms. The number of sulfonamides is 1. The molecular weight excluding hydrogens is 402 g/mol. The van der Waals surface area contributed by atoms with Gasteiger partial charge in [-0.2, -0.15) is 0 Å². The number of furan rings is 1. The molecule has 0 aliphatic carbocycles. The van der Waals surface area contributed by atoms with Gasteiger partial charge in [-0.05, 0) is 71.0 Å². The predicted octanol–water partition coefficient (Wildman–Crippen LogP) is 4.08. The molecule has 3 aromatic rings. The van der Waals surface area contributed by atoms with Crippen LogP contribution in [-0.2, 0) is 16.6 Å². The van der Waals surface area contributed by atoms with E-state index in [1.54, 1.807) is 39.2 Å². The summed E-state index contributed by atoms with van der Waals surface area (Å²) in [4.78, 5) is 13.0. The van der Waals surface area contributed by atoms with E-state index in [0.29, 0.717) is 17.8 Å². The molecule has 0 bridgehead atoms. The van der Waals surface area contributed by atoms with Crippen LogP contribution in [-0.4, -0.2) is 24.4 Å². The predicted molar refractivity (Wildman–Crippen MR) is 116 cm³/mol. The first kappa shape index (κ1) is 21.9. The molecule has 0 saturated carbocycles. The number of carbonyl (C=O) groups is 1. The van der Waals surface area contributed by atoms with Crippen molar-refractivity contribution >= 4 is 21.6 Å². The van der Waals surface area contributed by atoms with Crippen LogP contribution in [0.3, 0.4) is 0 Å². The number of benzene rings is 1. The second kappa shape index (κ2) is 8.12. The number of aryl methyl sites for hydroxylation is 1. The Kier molecular flexibility index (Phi) is 5.92. The molecule has 2 heterocycles. The largest absolute Gasteiger partial charge is 0.467 e. The Morgan fingerprint density at radius 2 is 1.83 bits per heavy atom. The van der Waals surface area contributed by atoms with Crippen LogP contribution in [0.5, 0.6) is 0 Å². The molecule has 2 N–H and O–H groups in total. The van der Waals surface area contributed by atoms with Crippen LogP contribution < -0.4 is 10.0 Å². The Bertz CT molecular complexity index is 1150. The summed E-state index contributed by atoms with van der Waals surface area (Å²) >= 11 is 0. The van der Waals surface area contributed by atoms with Gasteiger partial charge in [0.25, 0.3) is 5.91 Å². The van der Waals surface area contributed by atoms with Gasteiger partial charge in [0, 0.05) is 22.6 Å². The van der Waals surface area contributed by atoms with Crippen molar-refractivity contribution in [2.75, 3.05) is 5.32 Å². The highest BCUT2D eigenvalue weighted by Crippen LogP contribution is 2.21. The first-order valence-electron chi connectivity index (χ1n) is 9.61. The summed E-state index contributed by atoms with van der Waals surface area (Å²) in [6.45, 7) is 9.65. The number of aromatic nitrogens is 1. The lowest BCUT2D eigenvalue weighted by Gasteiger charge is -2.20. The Morgan fingerprint density at radius 1 is 1.10 bits per heavy atom.